The summed E-state index contributed by atoms with van der Waals surface area (Å²) >= 11 is 0. The summed E-state index contributed by atoms with van der Waals surface area (Å²) in [5, 5.41) is 3.82. The standard InChI is InChI=1S/C53H33N5/c1-5-16-34(17-6-1)50-49-42-26-15-28-44-48(42)46-40(24-13-27-43(46)57(44)38-22-11-4-12-23-38)41-25-14-29-45(47(41)49)58(50)39-32-30-37(31-33-39)53-55-51(35-18-7-2-8-19-35)54-52(56-53)36-20-9-3-10-21-36/h1-33H. The smallest absolute Gasteiger partial charge is 0.164 e. The highest BCUT2D eigenvalue weighted by molar-refractivity contribution is 6.29. The molecular weight excluding hydrogens is 707 g/mol. The summed E-state index contributed by atoms with van der Waals surface area (Å²) in [6, 6.07) is 70.9. The normalized spacial score (nSPS) is 11.8. The van der Waals surface area contributed by atoms with Gasteiger partial charge in [0.05, 0.1) is 22.2 Å². The monoisotopic (exact) mass is 739 g/mol. The third kappa shape index (κ3) is 4.87. The van der Waals surface area contributed by atoms with Crippen LogP contribution in [0.2, 0.25) is 0 Å². The van der Waals surface area contributed by atoms with E-state index in [2.05, 4.69) is 149 Å². The Bertz CT molecular complexity index is 3290. The minimum Gasteiger partial charge on any atom is -0.309 e. The van der Waals surface area contributed by atoms with Crippen LogP contribution in [0.25, 0.3) is 112 Å². The molecule has 12 rings (SSSR count). The van der Waals surface area contributed by atoms with Crippen molar-refractivity contribution in [2.24, 2.45) is 0 Å². The molecular formula is C53H33N5. The Balaban J connectivity index is 1.11. The maximum absolute atomic E-state index is 5.02. The third-order valence-corrected chi connectivity index (χ3v) is 11.5. The maximum atomic E-state index is 5.02. The number of nitrogens with zero attached hydrogens (tertiary/aromatic N) is 5. The molecule has 0 atom stereocenters. The van der Waals surface area contributed by atoms with Crippen LogP contribution in [-0.4, -0.2) is 24.1 Å². The summed E-state index contributed by atoms with van der Waals surface area (Å²) in [7, 11) is 0. The summed E-state index contributed by atoms with van der Waals surface area (Å²) < 4.78 is 4.87. The van der Waals surface area contributed by atoms with Crippen LogP contribution in [0.3, 0.4) is 0 Å². The van der Waals surface area contributed by atoms with E-state index in [0.29, 0.717) is 17.5 Å². The lowest BCUT2D eigenvalue weighted by Crippen LogP contribution is -2.01. The molecule has 11 aromatic rings. The van der Waals surface area contributed by atoms with Crippen LogP contribution in [0, 0.1) is 0 Å². The molecule has 8 aromatic carbocycles. The first kappa shape index (κ1) is 32.4. The zero-order chi connectivity index (χ0) is 38.2. The van der Waals surface area contributed by atoms with Crippen LogP contribution >= 0.6 is 0 Å². The molecule has 0 radical (unpaired) electrons. The predicted octanol–water partition coefficient (Wildman–Crippen LogP) is 13.2. The third-order valence-electron chi connectivity index (χ3n) is 11.5. The second-order valence-electron chi connectivity index (χ2n) is 14.8. The van der Waals surface area contributed by atoms with Crippen molar-refractivity contribution in [3.05, 3.63) is 200 Å². The van der Waals surface area contributed by atoms with E-state index in [0.717, 1.165) is 44.8 Å². The van der Waals surface area contributed by atoms with Crippen molar-refractivity contribution in [1.29, 1.82) is 0 Å². The van der Waals surface area contributed by atoms with Gasteiger partial charge in [-0.1, -0.05) is 146 Å². The topological polar surface area (TPSA) is 48.5 Å². The SMILES string of the molecule is c1ccc(-c2nc(-c3ccccc3)nc(-c3ccc(-n4c(-c5ccccc5)c5c6c(cccc64)-c4cccc6c4c4c-5cccc4n6-c4ccccc4)cc3)n2)cc1. The van der Waals surface area contributed by atoms with Crippen LogP contribution < -0.4 is 0 Å². The number of para-hydroxylation sites is 1. The van der Waals surface area contributed by atoms with E-state index in [1.165, 1.54) is 49.4 Å². The van der Waals surface area contributed by atoms with Crippen molar-refractivity contribution in [2.75, 3.05) is 0 Å². The second kappa shape index (κ2) is 12.8. The first-order valence-corrected chi connectivity index (χ1v) is 19.6. The fourth-order valence-corrected chi connectivity index (χ4v) is 9.06. The Morgan fingerprint density at radius 2 is 0.672 bits per heavy atom. The van der Waals surface area contributed by atoms with Gasteiger partial charge < -0.3 is 9.13 Å². The van der Waals surface area contributed by atoms with Crippen molar-refractivity contribution in [3.8, 4) is 79.0 Å². The average Bonchev–Trinajstić information content (AvgIpc) is 3.80. The Hall–Kier alpha value is -7.89. The molecule has 58 heavy (non-hydrogen) atoms. The molecule has 0 fully saturated rings. The highest BCUT2D eigenvalue weighted by atomic mass is 15.0. The molecule has 270 valence electrons. The van der Waals surface area contributed by atoms with Crippen molar-refractivity contribution in [3.63, 3.8) is 0 Å². The highest BCUT2D eigenvalue weighted by Crippen LogP contribution is 2.54. The van der Waals surface area contributed by atoms with Crippen LogP contribution in [0.1, 0.15) is 0 Å². The fourth-order valence-electron chi connectivity index (χ4n) is 9.06. The van der Waals surface area contributed by atoms with Crippen molar-refractivity contribution in [2.45, 2.75) is 0 Å². The second-order valence-corrected chi connectivity index (χ2v) is 14.8. The molecule has 1 aliphatic rings. The number of rotatable bonds is 6. The Morgan fingerprint density at radius 1 is 0.276 bits per heavy atom. The van der Waals surface area contributed by atoms with Gasteiger partial charge in [-0.2, -0.15) is 0 Å². The molecule has 0 spiro atoms. The van der Waals surface area contributed by atoms with Gasteiger partial charge in [0.1, 0.15) is 0 Å². The quantitative estimate of drug-likeness (QED) is 0.171. The number of fused-ring (bicyclic) bond motifs is 2. The van der Waals surface area contributed by atoms with E-state index in [-0.39, 0.29) is 0 Å². The lowest BCUT2D eigenvalue weighted by molar-refractivity contribution is 1.07. The van der Waals surface area contributed by atoms with Gasteiger partial charge >= 0.3 is 0 Å². The van der Waals surface area contributed by atoms with Gasteiger partial charge in [0, 0.05) is 49.8 Å². The fraction of sp³-hybridized carbons (Fsp3) is 0. The molecule has 0 bridgehead atoms. The number of hydrogen-bond donors (Lipinski definition) is 0. The zero-order valence-electron chi connectivity index (χ0n) is 31.3. The minimum absolute atomic E-state index is 0.632. The molecule has 5 nitrogen and oxygen atoms in total. The maximum Gasteiger partial charge on any atom is 0.164 e. The molecule has 0 aliphatic heterocycles. The van der Waals surface area contributed by atoms with E-state index in [1.54, 1.807) is 0 Å². The van der Waals surface area contributed by atoms with Crippen LogP contribution in [0.4, 0.5) is 0 Å². The largest absolute Gasteiger partial charge is 0.309 e. The summed E-state index contributed by atoms with van der Waals surface area (Å²) in [6.45, 7) is 0. The van der Waals surface area contributed by atoms with Gasteiger partial charge in [-0.25, -0.2) is 15.0 Å². The predicted molar refractivity (Wildman–Crippen MR) is 237 cm³/mol. The molecule has 0 saturated carbocycles. The summed E-state index contributed by atoms with van der Waals surface area (Å²) in [5.74, 6) is 1.92. The minimum atomic E-state index is 0.632. The van der Waals surface area contributed by atoms with E-state index in [9.17, 15) is 0 Å². The van der Waals surface area contributed by atoms with E-state index in [4.69, 9.17) is 15.0 Å². The molecule has 1 aliphatic carbocycles. The molecule has 3 aromatic heterocycles. The van der Waals surface area contributed by atoms with Crippen LogP contribution in [0.5, 0.6) is 0 Å². The lowest BCUT2D eigenvalue weighted by Gasteiger charge is -2.15. The summed E-state index contributed by atoms with van der Waals surface area (Å²) in [4.78, 5) is 15.0. The average molecular weight is 740 g/mol. The number of aromatic nitrogens is 5. The van der Waals surface area contributed by atoms with Gasteiger partial charge in [-0.15, -0.1) is 0 Å². The van der Waals surface area contributed by atoms with Gasteiger partial charge in [0.15, 0.2) is 17.5 Å². The molecule has 5 heteroatoms. The van der Waals surface area contributed by atoms with E-state index >= 15 is 0 Å². The van der Waals surface area contributed by atoms with Gasteiger partial charge in [-0.3, -0.25) is 0 Å². The Kier molecular flexibility index (Phi) is 7.16. The lowest BCUT2D eigenvalue weighted by atomic mass is 9.95. The van der Waals surface area contributed by atoms with Crippen LogP contribution in [0.15, 0.2) is 200 Å². The molecule has 0 amide bonds. The number of hydrogen-bond acceptors (Lipinski definition) is 3. The first-order chi connectivity index (χ1) is 28.8. The Morgan fingerprint density at radius 3 is 1.21 bits per heavy atom. The van der Waals surface area contributed by atoms with Crippen molar-refractivity contribution < 1.29 is 0 Å². The van der Waals surface area contributed by atoms with E-state index < -0.39 is 0 Å². The summed E-state index contributed by atoms with van der Waals surface area (Å²) in [5.41, 5.74) is 15.9. The first-order valence-electron chi connectivity index (χ1n) is 19.6. The van der Waals surface area contributed by atoms with Gasteiger partial charge in [-0.05, 0) is 76.9 Å². The molecule has 0 N–H and O–H groups in total. The Labute approximate surface area is 334 Å². The van der Waals surface area contributed by atoms with Crippen molar-refractivity contribution >= 4 is 32.7 Å². The molecule has 0 saturated heterocycles. The molecule has 3 heterocycles. The van der Waals surface area contributed by atoms with Crippen LogP contribution in [-0.2, 0) is 0 Å². The van der Waals surface area contributed by atoms with Gasteiger partial charge in [0.25, 0.3) is 0 Å². The van der Waals surface area contributed by atoms with E-state index in [1.807, 2.05) is 60.7 Å². The highest BCUT2D eigenvalue weighted by Gasteiger charge is 2.30. The van der Waals surface area contributed by atoms with Crippen molar-refractivity contribution in [1.82, 2.24) is 24.1 Å². The zero-order valence-corrected chi connectivity index (χ0v) is 31.3. The summed E-state index contributed by atoms with van der Waals surface area (Å²) in [6.07, 6.45) is 0. The number of benzene rings is 8. The van der Waals surface area contributed by atoms with Gasteiger partial charge in [0.2, 0.25) is 0 Å². The molecule has 0 unspecified atom stereocenters.